The van der Waals surface area contributed by atoms with Crippen molar-refractivity contribution in [3.63, 3.8) is 0 Å². The number of rotatable bonds is 5. The van der Waals surface area contributed by atoms with Gasteiger partial charge >= 0.3 is 6.01 Å². The first-order chi connectivity index (χ1) is 9.94. The van der Waals surface area contributed by atoms with Crippen molar-refractivity contribution < 1.29 is 13.2 Å². The summed E-state index contributed by atoms with van der Waals surface area (Å²) in [5.41, 5.74) is 6.03. The van der Waals surface area contributed by atoms with Gasteiger partial charge in [-0.3, -0.25) is 4.72 Å². The molecule has 0 radical (unpaired) electrons. The molecule has 0 amide bonds. The molecule has 0 saturated heterocycles. The van der Waals surface area contributed by atoms with Crippen LogP contribution in [0.4, 0.5) is 11.5 Å². The third-order valence-corrected chi connectivity index (χ3v) is 4.50. The largest absolute Gasteiger partial charge is 0.467 e. The highest BCUT2D eigenvalue weighted by molar-refractivity contribution is 7.98. The molecular weight excluding hydrogens is 312 g/mol. The number of methoxy groups -OCH3 is 1. The number of benzene rings is 1. The summed E-state index contributed by atoms with van der Waals surface area (Å²) in [7, 11) is -2.33. The van der Waals surface area contributed by atoms with Crippen LogP contribution in [0.3, 0.4) is 0 Å². The Bertz CT molecular complexity index is 710. The molecule has 1 aromatic heterocycles. The van der Waals surface area contributed by atoms with Gasteiger partial charge < -0.3 is 10.5 Å². The molecule has 7 nitrogen and oxygen atoms in total. The molecule has 0 bridgehead atoms. The van der Waals surface area contributed by atoms with Gasteiger partial charge in [0.05, 0.1) is 12.0 Å². The molecular formula is C12H14N4O3S2. The molecule has 21 heavy (non-hydrogen) atoms. The summed E-state index contributed by atoms with van der Waals surface area (Å²) in [5.74, 6) is 0.142. The maximum Gasteiger partial charge on any atom is 0.319 e. The van der Waals surface area contributed by atoms with Crippen LogP contribution < -0.4 is 15.2 Å². The van der Waals surface area contributed by atoms with Gasteiger partial charge in [0.1, 0.15) is 10.8 Å². The third kappa shape index (κ3) is 3.76. The third-order valence-electron chi connectivity index (χ3n) is 2.50. The van der Waals surface area contributed by atoms with Crippen molar-refractivity contribution >= 4 is 33.3 Å². The van der Waals surface area contributed by atoms with Gasteiger partial charge in [-0.1, -0.05) is 0 Å². The molecule has 1 heterocycles. The van der Waals surface area contributed by atoms with Crippen LogP contribution in [-0.4, -0.2) is 31.8 Å². The number of aromatic nitrogens is 2. The second-order valence-corrected chi connectivity index (χ2v) is 6.47. The van der Waals surface area contributed by atoms with E-state index in [4.69, 9.17) is 10.5 Å². The van der Waals surface area contributed by atoms with E-state index in [0.717, 1.165) is 0 Å². The zero-order valence-electron chi connectivity index (χ0n) is 11.4. The van der Waals surface area contributed by atoms with Crippen LogP contribution in [-0.2, 0) is 10.0 Å². The molecule has 0 fully saturated rings. The van der Waals surface area contributed by atoms with Gasteiger partial charge in [0.25, 0.3) is 10.0 Å². The second-order valence-electron chi connectivity index (χ2n) is 3.96. The van der Waals surface area contributed by atoms with Crippen molar-refractivity contribution in [2.75, 3.05) is 23.8 Å². The summed E-state index contributed by atoms with van der Waals surface area (Å²) in [6.45, 7) is 0. The van der Waals surface area contributed by atoms with E-state index < -0.39 is 10.0 Å². The number of hydrogen-bond acceptors (Lipinski definition) is 7. The van der Waals surface area contributed by atoms with Gasteiger partial charge in [0.15, 0.2) is 0 Å². The quantitative estimate of drug-likeness (QED) is 0.488. The molecule has 2 aromatic rings. The fourth-order valence-corrected chi connectivity index (χ4v) is 2.89. The predicted octanol–water partition coefficient (Wildman–Crippen LogP) is 1.59. The lowest BCUT2D eigenvalue weighted by Gasteiger charge is -2.09. The molecule has 0 aliphatic carbocycles. The van der Waals surface area contributed by atoms with Crippen molar-refractivity contribution in [3.05, 3.63) is 30.3 Å². The Balaban J connectivity index is 2.34. The van der Waals surface area contributed by atoms with Crippen molar-refractivity contribution in [1.29, 1.82) is 0 Å². The summed E-state index contributed by atoms with van der Waals surface area (Å²) in [4.78, 5) is 8.13. The number of hydrogen-bond donors (Lipinski definition) is 2. The highest BCUT2D eigenvalue weighted by Crippen LogP contribution is 2.21. The molecule has 112 valence electrons. The van der Waals surface area contributed by atoms with E-state index in [2.05, 4.69) is 14.7 Å². The van der Waals surface area contributed by atoms with E-state index >= 15 is 0 Å². The van der Waals surface area contributed by atoms with Gasteiger partial charge in [0, 0.05) is 11.8 Å². The second kappa shape index (κ2) is 6.19. The molecule has 2 rings (SSSR count). The zero-order valence-corrected chi connectivity index (χ0v) is 13.0. The Hall–Kier alpha value is -2.00. The Morgan fingerprint density at radius 2 is 1.90 bits per heavy atom. The molecule has 0 atom stereocenters. The molecule has 1 aromatic carbocycles. The van der Waals surface area contributed by atoms with Gasteiger partial charge in [0.2, 0.25) is 0 Å². The average Bonchev–Trinajstić information content (AvgIpc) is 2.46. The first-order valence-corrected chi connectivity index (χ1v) is 8.51. The van der Waals surface area contributed by atoms with Gasteiger partial charge in [-0.2, -0.15) is 9.97 Å². The molecule has 0 spiro atoms. The minimum Gasteiger partial charge on any atom is -0.467 e. The van der Waals surface area contributed by atoms with Crippen molar-refractivity contribution in [1.82, 2.24) is 9.97 Å². The standard InChI is InChI=1S/C12H14N4O3S2/c1-19-12-14-10(7-11(15-12)20-2)16-21(17,18)9-5-3-8(13)4-6-9/h3-7H,13H2,1-2H3,(H,14,15,16). The minimum atomic E-state index is -3.74. The van der Waals surface area contributed by atoms with E-state index in [0.29, 0.717) is 10.7 Å². The van der Waals surface area contributed by atoms with Crippen LogP contribution >= 0.6 is 11.8 Å². The van der Waals surface area contributed by atoms with Crippen molar-refractivity contribution in [2.45, 2.75) is 9.92 Å². The lowest BCUT2D eigenvalue weighted by molar-refractivity contribution is 0.377. The molecule has 3 N–H and O–H groups in total. The number of nitrogen functional groups attached to an aromatic ring is 1. The van der Waals surface area contributed by atoms with Crippen LogP contribution in [0.5, 0.6) is 6.01 Å². The van der Waals surface area contributed by atoms with Crippen LogP contribution in [0.2, 0.25) is 0 Å². The number of nitrogens with zero attached hydrogens (tertiary/aromatic N) is 2. The lowest BCUT2D eigenvalue weighted by Crippen LogP contribution is -2.14. The smallest absolute Gasteiger partial charge is 0.319 e. The summed E-state index contributed by atoms with van der Waals surface area (Å²) in [6, 6.07) is 7.50. The van der Waals surface area contributed by atoms with Crippen LogP contribution in [0.25, 0.3) is 0 Å². The van der Waals surface area contributed by atoms with Gasteiger partial charge in [-0.25, -0.2) is 8.42 Å². The predicted molar refractivity (Wildman–Crippen MR) is 82.0 cm³/mol. The van der Waals surface area contributed by atoms with E-state index in [9.17, 15) is 8.42 Å². The van der Waals surface area contributed by atoms with Crippen molar-refractivity contribution in [2.24, 2.45) is 0 Å². The van der Waals surface area contributed by atoms with E-state index in [1.54, 1.807) is 0 Å². The molecule has 0 unspecified atom stereocenters. The number of ether oxygens (including phenoxy) is 1. The first-order valence-electron chi connectivity index (χ1n) is 5.80. The number of sulfonamides is 1. The highest BCUT2D eigenvalue weighted by Gasteiger charge is 2.16. The zero-order chi connectivity index (χ0) is 15.5. The van der Waals surface area contributed by atoms with Crippen LogP contribution in [0.1, 0.15) is 0 Å². The number of thioether (sulfide) groups is 1. The van der Waals surface area contributed by atoms with Gasteiger partial charge in [-0.15, -0.1) is 11.8 Å². The summed E-state index contributed by atoms with van der Waals surface area (Å²) in [5, 5.41) is 0.594. The monoisotopic (exact) mass is 326 g/mol. The van der Waals surface area contributed by atoms with E-state index in [1.165, 1.54) is 49.2 Å². The Kier molecular flexibility index (Phi) is 4.53. The number of anilines is 2. The molecule has 0 aliphatic rings. The Labute approximate surface area is 127 Å². The Morgan fingerprint density at radius 3 is 2.48 bits per heavy atom. The molecule has 0 aliphatic heterocycles. The fraction of sp³-hybridized carbons (Fsp3) is 0.167. The van der Waals surface area contributed by atoms with Crippen LogP contribution in [0, 0.1) is 0 Å². The maximum atomic E-state index is 12.3. The molecule has 9 heteroatoms. The van der Waals surface area contributed by atoms with Crippen molar-refractivity contribution in [3.8, 4) is 6.01 Å². The first kappa shape index (κ1) is 15.4. The minimum absolute atomic E-state index is 0.0943. The normalized spacial score (nSPS) is 11.1. The summed E-state index contributed by atoms with van der Waals surface area (Å²) in [6.07, 6.45) is 1.82. The summed E-state index contributed by atoms with van der Waals surface area (Å²) >= 11 is 1.35. The lowest BCUT2D eigenvalue weighted by atomic mass is 10.3. The average molecular weight is 326 g/mol. The van der Waals surface area contributed by atoms with E-state index in [1.807, 2.05) is 6.26 Å². The topological polar surface area (TPSA) is 107 Å². The van der Waals surface area contributed by atoms with E-state index in [-0.39, 0.29) is 16.7 Å². The Morgan fingerprint density at radius 1 is 1.24 bits per heavy atom. The molecule has 0 saturated carbocycles. The SMILES string of the molecule is COc1nc(NS(=O)(=O)c2ccc(N)cc2)cc(SC)n1. The van der Waals surface area contributed by atoms with Gasteiger partial charge in [-0.05, 0) is 30.5 Å². The van der Waals surface area contributed by atoms with Crippen LogP contribution in [0.15, 0.2) is 40.3 Å². The number of nitrogens with one attached hydrogen (secondary N) is 1. The fourth-order valence-electron chi connectivity index (χ4n) is 1.50. The maximum absolute atomic E-state index is 12.3. The highest BCUT2D eigenvalue weighted by atomic mass is 32.2. The number of nitrogens with two attached hydrogens (primary N) is 1. The summed E-state index contributed by atoms with van der Waals surface area (Å²) < 4.78 is 31.8.